The average Bonchev–Trinajstić information content (AvgIpc) is 3.03. The Kier molecular flexibility index (Phi) is 4.19. The zero-order valence-corrected chi connectivity index (χ0v) is 13.2. The molecule has 3 rings (SSSR count). The maximum absolute atomic E-state index is 4.62. The Morgan fingerprint density at radius 1 is 1.48 bits per heavy atom. The molecule has 0 aromatic carbocycles. The molecule has 0 unspecified atom stereocenters. The van der Waals surface area contributed by atoms with E-state index in [1.54, 1.807) is 11.3 Å². The summed E-state index contributed by atoms with van der Waals surface area (Å²) < 4.78 is 1.97. The predicted octanol–water partition coefficient (Wildman–Crippen LogP) is 1.58. The summed E-state index contributed by atoms with van der Waals surface area (Å²) in [4.78, 5) is 5.92. The van der Waals surface area contributed by atoms with Crippen LogP contribution in [0.5, 0.6) is 0 Å². The number of guanidine groups is 1. The summed E-state index contributed by atoms with van der Waals surface area (Å²) in [6.07, 6.45) is 2.45. The van der Waals surface area contributed by atoms with Crippen LogP contribution in [0.4, 0.5) is 0 Å². The summed E-state index contributed by atoms with van der Waals surface area (Å²) in [5, 5.41) is 17.1. The van der Waals surface area contributed by atoms with Gasteiger partial charge in [0.05, 0.1) is 6.54 Å². The smallest absolute Gasteiger partial charge is 0.192 e. The molecule has 2 aromatic rings. The molecule has 0 aliphatic heterocycles. The number of aryl methyl sites for hydroxylation is 1. The van der Waals surface area contributed by atoms with E-state index in [0.717, 1.165) is 24.2 Å². The second-order valence-electron chi connectivity index (χ2n) is 5.24. The van der Waals surface area contributed by atoms with Gasteiger partial charge >= 0.3 is 0 Å². The number of nitrogens with one attached hydrogen (secondary N) is 2. The summed E-state index contributed by atoms with van der Waals surface area (Å²) in [5.41, 5.74) is 0. The van der Waals surface area contributed by atoms with Crippen molar-refractivity contribution in [2.75, 3.05) is 0 Å². The summed E-state index contributed by atoms with van der Waals surface area (Å²) in [6, 6.07) is 4.76. The molecule has 0 saturated heterocycles. The van der Waals surface area contributed by atoms with Crippen LogP contribution >= 0.6 is 11.3 Å². The topological polar surface area (TPSA) is 67.1 Å². The van der Waals surface area contributed by atoms with Gasteiger partial charge in [0.25, 0.3) is 0 Å². The molecule has 0 spiro atoms. The van der Waals surface area contributed by atoms with Crippen LogP contribution in [0.2, 0.25) is 0 Å². The molecule has 0 atom stereocenters. The third-order valence-electron chi connectivity index (χ3n) is 3.49. The lowest BCUT2D eigenvalue weighted by Gasteiger charge is -2.11. The zero-order valence-electron chi connectivity index (χ0n) is 12.3. The number of nitrogens with zero attached hydrogens (tertiary/aromatic N) is 4. The van der Waals surface area contributed by atoms with Crippen LogP contribution in [0.3, 0.4) is 0 Å². The van der Waals surface area contributed by atoms with Crippen LogP contribution in [-0.2, 0) is 20.1 Å². The first-order valence-electron chi connectivity index (χ1n) is 7.14. The minimum atomic E-state index is 0.532. The molecule has 0 radical (unpaired) electrons. The Balaban J connectivity index is 1.62. The first kappa shape index (κ1) is 14.1. The zero-order chi connectivity index (χ0) is 14.7. The van der Waals surface area contributed by atoms with Crippen molar-refractivity contribution in [1.82, 2.24) is 25.4 Å². The van der Waals surface area contributed by atoms with E-state index in [1.807, 2.05) is 18.5 Å². The van der Waals surface area contributed by atoms with Crippen LogP contribution in [0, 0.1) is 6.92 Å². The molecule has 7 heteroatoms. The highest BCUT2D eigenvalue weighted by Crippen LogP contribution is 2.18. The second kappa shape index (κ2) is 6.26. The highest BCUT2D eigenvalue weighted by molar-refractivity contribution is 7.09. The molecule has 1 aliphatic rings. The van der Waals surface area contributed by atoms with E-state index in [-0.39, 0.29) is 0 Å². The monoisotopic (exact) mass is 304 g/mol. The molecule has 2 heterocycles. The predicted molar refractivity (Wildman–Crippen MR) is 84.2 cm³/mol. The molecule has 0 bridgehead atoms. The molecule has 21 heavy (non-hydrogen) atoms. The standard InChI is InChI=1S/C14H20N6S/c1-10-18-19-13(20(10)2)9-16-14(17-11-5-6-11)15-8-12-4-3-7-21-12/h3-4,7,11H,5-6,8-9H2,1-2H3,(H2,15,16,17). The van der Waals surface area contributed by atoms with E-state index in [0.29, 0.717) is 12.6 Å². The summed E-state index contributed by atoms with van der Waals surface area (Å²) in [5.74, 6) is 2.63. The molecule has 2 N–H and O–H groups in total. The molecular formula is C14H20N6S. The van der Waals surface area contributed by atoms with Gasteiger partial charge in [-0.2, -0.15) is 0 Å². The molecule has 0 amide bonds. The lowest BCUT2D eigenvalue weighted by atomic mass is 10.4. The van der Waals surface area contributed by atoms with E-state index >= 15 is 0 Å². The molecule has 2 aromatic heterocycles. The maximum atomic E-state index is 4.62. The summed E-state index contributed by atoms with van der Waals surface area (Å²) in [7, 11) is 1.97. The van der Waals surface area contributed by atoms with Gasteiger partial charge in [-0.15, -0.1) is 21.5 Å². The lowest BCUT2D eigenvalue weighted by Crippen LogP contribution is -2.38. The minimum absolute atomic E-state index is 0.532. The van der Waals surface area contributed by atoms with E-state index in [4.69, 9.17) is 0 Å². The van der Waals surface area contributed by atoms with Crippen molar-refractivity contribution in [1.29, 1.82) is 0 Å². The van der Waals surface area contributed by atoms with Crippen molar-refractivity contribution in [3.8, 4) is 0 Å². The summed E-state index contributed by atoms with van der Waals surface area (Å²) >= 11 is 1.75. The van der Waals surface area contributed by atoms with Crippen molar-refractivity contribution >= 4 is 17.3 Å². The minimum Gasteiger partial charge on any atom is -0.354 e. The molecule has 1 saturated carbocycles. The van der Waals surface area contributed by atoms with Crippen LogP contribution in [0.15, 0.2) is 22.5 Å². The maximum Gasteiger partial charge on any atom is 0.192 e. The van der Waals surface area contributed by atoms with Crippen molar-refractivity contribution in [3.05, 3.63) is 34.0 Å². The molecule has 112 valence electrons. The third-order valence-corrected chi connectivity index (χ3v) is 4.37. The number of rotatable bonds is 5. The number of aromatic nitrogens is 3. The fourth-order valence-corrected chi connectivity index (χ4v) is 2.54. The van der Waals surface area contributed by atoms with Gasteiger partial charge < -0.3 is 15.2 Å². The van der Waals surface area contributed by atoms with Gasteiger partial charge in [-0.1, -0.05) is 6.07 Å². The first-order chi connectivity index (χ1) is 10.2. The Morgan fingerprint density at radius 3 is 2.95 bits per heavy atom. The third kappa shape index (κ3) is 3.81. The Bertz CT molecular complexity index is 611. The van der Waals surface area contributed by atoms with Crippen molar-refractivity contribution in [2.24, 2.45) is 12.0 Å². The van der Waals surface area contributed by atoms with Gasteiger partial charge in [0, 0.05) is 18.0 Å². The quantitative estimate of drug-likeness (QED) is 0.650. The molecular weight excluding hydrogens is 284 g/mol. The summed E-state index contributed by atoms with van der Waals surface area (Å²) in [6.45, 7) is 3.27. The van der Waals surface area contributed by atoms with Gasteiger partial charge in [-0.05, 0) is 31.2 Å². The molecule has 1 fully saturated rings. The van der Waals surface area contributed by atoms with Crippen molar-refractivity contribution in [2.45, 2.75) is 38.9 Å². The van der Waals surface area contributed by atoms with Crippen LogP contribution in [0.1, 0.15) is 29.4 Å². The second-order valence-corrected chi connectivity index (χ2v) is 6.27. The van der Waals surface area contributed by atoms with Crippen LogP contribution < -0.4 is 10.6 Å². The number of hydrogen-bond donors (Lipinski definition) is 2. The van der Waals surface area contributed by atoms with E-state index in [1.165, 1.54) is 17.7 Å². The Hall–Kier alpha value is -1.89. The largest absolute Gasteiger partial charge is 0.354 e. The highest BCUT2D eigenvalue weighted by atomic mass is 32.1. The SMILES string of the molecule is Cc1nnc(CN=C(NCc2cccs2)NC2CC2)n1C. The van der Waals surface area contributed by atoms with E-state index in [9.17, 15) is 0 Å². The fourth-order valence-electron chi connectivity index (χ4n) is 1.90. The van der Waals surface area contributed by atoms with Gasteiger partial charge in [0.1, 0.15) is 12.4 Å². The van der Waals surface area contributed by atoms with Gasteiger partial charge in [-0.3, -0.25) is 0 Å². The van der Waals surface area contributed by atoms with Gasteiger partial charge in [0.2, 0.25) is 0 Å². The van der Waals surface area contributed by atoms with E-state index in [2.05, 4.69) is 43.3 Å². The molecule has 1 aliphatic carbocycles. The number of hydrogen-bond acceptors (Lipinski definition) is 4. The van der Waals surface area contributed by atoms with Gasteiger partial charge in [0.15, 0.2) is 11.8 Å². The number of aliphatic imine (C=N–C) groups is 1. The number of thiophene rings is 1. The highest BCUT2D eigenvalue weighted by Gasteiger charge is 2.22. The van der Waals surface area contributed by atoms with Crippen molar-refractivity contribution in [3.63, 3.8) is 0 Å². The average molecular weight is 304 g/mol. The van der Waals surface area contributed by atoms with Crippen LogP contribution in [-0.4, -0.2) is 26.8 Å². The Labute approximate surface area is 128 Å². The fraction of sp³-hybridized carbons (Fsp3) is 0.500. The van der Waals surface area contributed by atoms with Crippen molar-refractivity contribution < 1.29 is 0 Å². The van der Waals surface area contributed by atoms with Gasteiger partial charge in [-0.25, -0.2) is 4.99 Å². The first-order valence-corrected chi connectivity index (χ1v) is 8.02. The lowest BCUT2D eigenvalue weighted by molar-refractivity contribution is 0.751. The van der Waals surface area contributed by atoms with Crippen LogP contribution in [0.25, 0.3) is 0 Å². The molecule has 6 nitrogen and oxygen atoms in total. The normalized spacial score (nSPS) is 15.2. The Morgan fingerprint density at radius 2 is 2.33 bits per heavy atom. The van der Waals surface area contributed by atoms with E-state index < -0.39 is 0 Å².